The van der Waals surface area contributed by atoms with Crippen molar-refractivity contribution in [3.8, 4) is 56.8 Å². The van der Waals surface area contributed by atoms with Crippen molar-refractivity contribution >= 4 is 45.1 Å². The van der Waals surface area contributed by atoms with Gasteiger partial charge in [0, 0.05) is 83.7 Å². The minimum Gasteiger partial charge on any atom is -0.497 e. The summed E-state index contributed by atoms with van der Waals surface area (Å²) in [5.41, 5.74) is 17.9. The third kappa shape index (κ3) is 9.08. The predicted molar refractivity (Wildman–Crippen MR) is 340 cm³/mol. The average Bonchev–Trinajstić information content (AvgIpc) is 2.03. The van der Waals surface area contributed by atoms with Crippen LogP contribution in [0.15, 0.2) is 194 Å². The molecular formula is C75H68N2O6. The number of methoxy groups -OCH3 is 4. The van der Waals surface area contributed by atoms with E-state index in [9.17, 15) is 0 Å². The molecule has 2 heterocycles. The molecule has 0 fully saturated rings. The molecule has 2 aliphatic heterocycles. The van der Waals surface area contributed by atoms with E-state index >= 15 is 0 Å². The highest BCUT2D eigenvalue weighted by atomic mass is 16.5. The Bertz CT molecular complexity index is 4170. The summed E-state index contributed by atoms with van der Waals surface area (Å²) in [7, 11) is 15.1. The fourth-order valence-electron chi connectivity index (χ4n) is 13.1. The smallest absolute Gasteiger partial charge is 0.178 e. The molecule has 10 aromatic rings. The summed E-state index contributed by atoms with van der Waals surface area (Å²) in [6, 6.07) is 64.2. The number of hydrogen-bond donors (Lipinski definition) is 0. The van der Waals surface area contributed by atoms with E-state index in [0.29, 0.717) is 0 Å². The fourth-order valence-corrected chi connectivity index (χ4v) is 13.1. The Labute approximate surface area is 487 Å². The first-order valence-corrected chi connectivity index (χ1v) is 28.7. The SMILES string of the molecule is COc1ccc(C2(c3ccc(N(C)C)cc3)C=Cc3c4c(c5ccc(OC)cc5c3O2)-c2ccc(OC)cc2CC4)cc1.COc1ccc2c3c(c4c(c2c1)OC(c1ccccc1)(c1ccc(N(C)C)cc1)C=C4)CCCc1ccccc1-3. The molecule has 2 aliphatic carbocycles. The molecule has 0 radical (unpaired) electrons. The van der Waals surface area contributed by atoms with Gasteiger partial charge in [-0.2, -0.15) is 0 Å². The van der Waals surface area contributed by atoms with Crippen molar-refractivity contribution in [3.63, 3.8) is 0 Å². The van der Waals surface area contributed by atoms with Crippen LogP contribution < -0.4 is 38.2 Å². The molecule has 0 saturated heterocycles. The molecule has 8 nitrogen and oxygen atoms in total. The molecule has 0 spiro atoms. The summed E-state index contributed by atoms with van der Waals surface area (Å²) in [5, 5.41) is 4.48. The molecule has 0 aromatic heterocycles. The lowest BCUT2D eigenvalue weighted by molar-refractivity contribution is 0.163. The molecular weight excluding hydrogens is 1020 g/mol. The van der Waals surface area contributed by atoms with Crippen LogP contribution in [0.3, 0.4) is 0 Å². The van der Waals surface area contributed by atoms with Crippen LogP contribution in [-0.4, -0.2) is 56.6 Å². The summed E-state index contributed by atoms with van der Waals surface area (Å²) >= 11 is 0. The van der Waals surface area contributed by atoms with Crippen LogP contribution >= 0.6 is 0 Å². The van der Waals surface area contributed by atoms with E-state index in [2.05, 4.69) is 226 Å². The van der Waals surface area contributed by atoms with Crippen molar-refractivity contribution in [2.45, 2.75) is 43.3 Å². The van der Waals surface area contributed by atoms with Gasteiger partial charge in [-0.25, -0.2) is 0 Å². The first-order chi connectivity index (χ1) is 40.5. The Kier molecular flexibility index (Phi) is 13.7. The summed E-state index contributed by atoms with van der Waals surface area (Å²) in [4.78, 5) is 4.23. The summed E-state index contributed by atoms with van der Waals surface area (Å²) in [5.74, 6) is 5.12. The van der Waals surface area contributed by atoms with Crippen LogP contribution in [0.5, 0.6) is 34.5 Å². The minimum absolute atomic E-state index is 0.758. The minimum atomic E-state index is -0.839. The predicted octanol–water partition coefficient (Wildman–Crippen LogP) is 16.5. The van der Waals surface area contributed by atoms with Gasteiger partial charge in [0.25, 0.3) is 0 Å². The molecule has 4 aliphatic rings. The quantitative estimate of drug-likeness (QED) is 0.134. The van der Waals surface area contributed by atoms with Gasteiger partial charge in [-0.05, 0) is 184 Å². The zero-order valence-electron chi connectivity index (χ0n) is 48.5. The van der Waals surface area contributed by atoms with E-state index in [1.807, 2.05) is 18.2 Å². The molecule has 0 saturated carbocycles. The van der Waals surface area contributed by atoms with Crippen LogP contribution in [0.2, 0.25) is 0 Å². The van der Waals surface area contributed by atoms with Gasteiger partial charge < -0.3 is 38.2 Å². The van der Waals surface area contributed by atoms with Crippen molar-refractivity contribution in [1.29, 1.82) is 0 Å². The lowest BCUT2D eigenvalue weighted by Crippen LogP contribution is -2.34. The average molecular weight is 1090 g/mol. The lowest BCUT2D eigenvalue weighted by atomic mass is 9.77. The second-order valence-corrected chi connectivity index (χ2v) is 22.4. The lowest BCUT2D eigenvalue weighted by Gasteiger charge is -2.38. The van der Waals surface area contributed by atoms with Gasteiger partial charge >= 0.3 is 0 Å². The summed E-state index contributed by atoms with van der Waals surface area (Å²) < 4.78 is 37.2. The second-order valence-electron chi connectivity index (χ2n) is 22.4. The van der Waals surface area contributed by atoms with Gasteiger partial charge in [0.15, 0.2) is 11.2 Å². The molecule has 0 amide bonds. The Balaban J connectivity index is 0.000000156. The van der Waals surface area contributed by atoms with Crippen LogP contribution in [0.25, 0.3) is 56.0 Å². The van der Waals surface area contributed by atoms with E-state index in [-0.39, 0.29) is 0 Å². The molecule has 83 heavy (non-hydrogen) atoms. The number of rotatable bonds is 10. The van der Waals surface area contributed by atoms with Crippen LogP contribution in [0.1, 0.15) is 62.1 Å². The maximum atomic E-state index is 7.35. The fraction of sp³-hybridized carbons (Fsp3) is 0.200. The Morgan fingerprint density at radius 2 is 0.807 bits per heavy atom. The van der Waals surface area contributed by atoms with Crippen molar-refractivity contribution in [2.24, 2.45) is 0 Å². The molecule has 0 N–H and O–H groups in total. The van der Waals surface area contributed by atoms with Gasteiger partial charge in [-0.3, -0.25) is 0 Å². The number of nitrogens with zero attached hydrogens (tertiary/aromatic N) is 2. The van der Waals surface area contributed by atoms with E-state index in [1.54, 1.807) is 28.4 Å². The summed E-state index contributed by atoms with van der Waals surface area (Å²) in [6.45, 7) is 0. The third-order valence-electron chi connectivity index (χ3n) is 17.5. The summed E-state index contributed by atoms with van der Waals surface area (Å²) in [6.07, 6.45) is 14.1. The van der Waals surface area contributed by atoms with Crippen LogP contribution in [0, 0.1) is 0 Å². The molecule has 8 heteroatoms. The van der Waals surface area contributed by atoms with E-state index < -0.39 is 11.2 Å². The molecule has 414 valence electrons. The number of fused-ring (bicyclic) bond motifs is 16. The van der Waals surface area contributed by atoms with Crippen molar-refractivity contribution in [1.82, 2.24) is 0 Å². The highest BCUT2D eigenvalue weighted by Gasteiger charge is 2.41. The first-order valence-electron chi connectivity index (χ1n) is 28.7. The zero-order chi connectivity index (χ0) is 57.0. The second kappa shape index (κ2) is 21.5. The highest BCUT2D eigenvalue weighted by molar-refractivity contribution is 6.08. The van der Waals surface area contributed by atoms with Crippen LogP contribution in [-0.2, 0) is 36.9 Å². The standard InChI is InChI=1S/C38H35NO4.C37H33NO2/c1-39(2)27-11-7-25(8-12-27)38(26-9-13-28(40-3)14-10-26)21-20-34-32-17-6-24-22-29(41-4)15-18-31(24)36(32)33-19-16-30(42-5)23-35(33)37(34)43-38;1-38(2)28-18-16-27(17-19-28)37(26-12-5-4-6-13-26)23-22-33-31-15-9-11-25-10-7-8-14-30(25)35(31)32-21-20-29(39-3)24-34(32)36(33)40-37/h7-16,18-23H,6,17H2,1-5H3;4-8,10,12-14,16-24H,9,11,15H2,1-3H3. The number of hydrogen-bond acceptors (Lipinski definition) is 8. The Morgan fingerprint density at radius 1 is 0.373 bits per heavy atom. The number of aryl methyl sites for hydroxylation is 2. The van der Waals surface area contributed by atoms with Crippen molar-refractivity contribution < 1.29 is 28.4 Å². The largest absolute Gasteiger partial charge is 0.497 e. The maximum Gasteiger partial charge on any atom is 0.178 e. The monoisotopic (exact) mass is 1090 g/mol. The van der Waals surface area contributed by atoms with E-state index in [4.69, 9.17) is 28.4 Å². The zero-order valence-corrected chi connectivity index (χ0v) is 48.5. The molecule has 0 bridgehead atoms. The molecule has 2 unspecified atom stereocenters. The molecule has 10 aromatic carbocycles. The van der Waals surface area contributed by atoms with Gasteiger partial charge in [0.2, 0.25) is 0 Å². The van der Waals surface area contributed by atoms with Gasteiger partial charge in [0.1, 0.15) is 34.5 Å². The Hall–Kier alpha value is -9.40. The number of benzene rings is 10. The maximum absolute atomic E-state index is 7.35. The number of ether oxygens (including phenoxy) is 6. The first kappa shape index (κ1) is 52.9. The number of anilines is 2. The van der Waals surface area contributed by atoms with Gasteiger partial charge in [0.05, 0.1) is 28.4 Å². The van der Waals surface area contributed by atoms with Gasteiger partial charge in [-0.15, -0.1) is 0 Å². The van der Waals surface area contributed by atoms with E-state index in [0.717, 1.165) is 122 Å². The highest BCUT2D eigenvalue weighted by Crippen LogP contribution is 2.54. The normalized spacial score (nSPS) is 16.9. The third-order valence-corrected chi connectivity index (χ3v) is 17.5. The van der Waals surface area contributed by atoms with Crippen LogP contribution in [0.4, 0.5) is 11.4 Å². The molecule has 14 rings (SSSR count). The van der Waals surface area contributed by atoms with Crippen molar-refractivity contribution in [3.05, 3.63) is 250 Å². The Morgan fingerprint density at radius 3 is 1.33 bits per heavy atom. The molecule has 2 atom stereocenters. The topological polar surface area (TPSA) is 61.9 Å². The van der Waals surface area contributed by atoms with Gasteiger partial charge in [-0.1, -0.05) is 109 Å². The van der Waals surface area contributed by atoms with E-state index in [1.165, 1.54) is 55.5 Å². The van der Waals surface area contributed by atoms with Crippen molar-refractivity contribution in [2.75, 3.05) is 66.4 Å².